The highest BCUT2D eigenvalue weighted by molar-refractivity contribution is 6.74. The molecule has 1 saturated heterocycles. The zero-order valence-corrected chi connectivity index (χ0v) is 22.0. The Balaban J connectivity index is 1.82. The Morgan fingerprint density at radius 1 is 1.03 bits per heavy atom. The maximum absolute atomic E-state index is 10.4. The van der Waals surface area contributed by atoms with Gasteiger partial charge in [0.25, 0.3) is 0 Å². The minimum absolute atomic E-state index is 0.000975. The summed E-state index contributed by atoms with van der Waals surface area (Å²) in [5.41, 5.74) is 1.04. The first-order valence-corrected chi connectivity index (χ1v) is 14.5. The smallest absolute Gasteiger partial charge is 0.192 e. The molecule has 0 saturated carbocycles. The monoisotopic (exact) mass is 486 g/mol. The molecule has 1 aliphatic rings. The van der Waals surface area contributed by atoms with Gasteiger partial charge in [-0.05, 0) is 49.2 Å². The predicted octanol–water partition coefficient (Wildman–Crippen LogP) is 2.84. The van der Waals surface area contributed by atoms with Crippen LogP contribution >= 0.6 is 0 Å². The topological polar surface area (TPSA) is 107 Å². The summed E-state index contributed by atoms with van der Waals surface area (Å²) in [7, 11) is -0.438. The standard InChI is InChI=1S/C24H42O8Si/c1-16(12-13-29-14-17-8-10-18(28-5)11-9-17)31-23-22(27)21(26)20(25)19(32-23)15-30-33(6,7)24(2,3)4/h8-11,16,19-23,25-27H,12-15H2,1-7H3/t16-,19+,20+,21-,22+,23+/m0/s1. The van der Waals surface area contributed by atoms with E-state index < -0.39 is 39.0 Å². The molecule has 1 aromatic rings. The second-order valence-electron chi connectivity index (χ2n) is 10.2. The van der Waals surface area contributed by atoms with Crippen molar-refractivity contribution in [2.75, 3.05) is 20.3 Å². The van der Waals surface area contributed by atoms with E-state index in [1.165, 1.54) is 0 Å². The predicted molar refractivity (Wildman–Crippen MR) is 128 cm³/mol. The minimum Gasteiger partial charge on any atom is -0.497 e. The van der Waals surface area contributed by atoms with Crippen LogP contribution in [0.25, 0.3) is 0 Å². The second kappa shape index (κ2) is 12.1. The van der Waals surface area contributed by atoms with Gasteiger partial charge in [0.1, 0.15) is 30.2 Å². The van der Waals surface area contributed by atoms with Crippen molar-refractivity contribution in [2.24, 2.45) is 0 Å². The molecule has 6 atom stereocenters. The highest BCUT2D eigenvalue weighted by Gasteiger charge is 2.46. The first-order chi connectivity index (χ1) is 15.4. The summed E-state index contributed by atoms with van der Waals surface area (Å²) >= 11 is 0. The molecule has 2 rings (SSSR count). The fourth-order valence-corrected chi connectivity index (χ4v) is 4.15. The van der Waals surface area contributed by atoms with Crippen molar-refractivity contribution in [1.29, 1.82) is 0 Å². The summed E-state index contributed by atoms with van der Waals surface area (Å²) in [5, 5.41) is 31.1. The number of rotatable bonds is 11. The van der Waals surface area contributed by atoms with Gasteiger partial charge in [0, 0.05) is 6.61 Å². The van der Waals surface area contributed by atoms with Crippen molar-refractivity contribution in [3.63, 3.8) is 0 Å². The molecule has 0 unspecified atom stereocenters. The Labute approximate surface area is 198 Å². The van der Waals surface area contributed by atoms with Crippen LogP contribution in [0.15, 0.2) is 24.3 Å². The average molecular weight is 487 g/mol. The Bertz CT molecular complexity index is 705. The van der Waals surface area contributed by atoms with E-state index in [1.54, 1.807) is 7.11 Å². The number of aliphatic hydroxyl groups excluding tert-OH is 3. The SMILES string of the molecule is COc1ccc(COCC[C@H](C)O[C@@H]2O[C@H](CO[Si](C)(C)C(C)(C)C)[C@@H](O)[C@H](O)[C@H]2O)cc1. The van der Waals surface area contributed by atoms with Gasteiger partial charge in [0.15, 0.2) is 14.6 Å². The largest absolute Gasteiger partial charge is 0.497 e. The lowest BCUT2D eigenvalue weighted by atomic mass is 9.99. The number of methoxy groups -OCH3 is 1. The van der Waals surface area contributed by atoms with Gasteiger partial charge in [-0.15, -0.1) is 0 Å². The normalized spacial score (nSPS) is 27.4. The van der Waals surface area contributed by atoms with E-state index in [-0.39, 0.29) is 17.7 Å². The molecular formula is C24H42O8Si. The van der Waals surface area contributed by atoms with E-state index in [0.29, 0.717) is 19.6 Å². The molecule has 33 heavy (non-hydrogen) atoms. The van der Waals surface area contributed by atoms with E-state index in [0.717, 1.165) is 11.3 Å². The third-order valence-corrected chi connectivity index (χ3v) is 11.0. The van der Waals surface area contributed by atoms with Crippen molar-refractivity contribution >= 4 is 8.32 Å². The molecule has 0 aliphatic carbocycles. The van der Waals surface area contributed by atoms with Crippen LogP contribution < -0.4 is 4.74 Å². The van der Waals surface area contributed by atoms with Gasteiger partial charge in [-0.25, -0.2) is 0 Å². The molecule has 1 aliphatic heterocycles. The maximum atomic E-state index is 10.4. The first kappa shape index (κ1) is 28.2. The summed E-state index contributed by atoms with van der Waals surface area (Å²) in [6, 6.07) is 7.67. The van der Waals surface area contributed by atoms with Crippen LogP contribution in [0.5, 0.6) is 5.75 Å². The Morgan fingerprint density at radius 2 is 1.67 bits per heavy atom. The van der Waals surface area contributed by atoms with E-state index in [2.05, 4.69) is 33.9 Å². The molecule has 1 heterocycles. The fourth-order valence-electron chi connectivity index (χ4n) is 3.13. The van der Waals surface area contributed by atoms with Crippen LogP contribution in [0, 0.1) is 0 Å². The number of benzene rings is 1. The first-order valence-electron chi connectivity index (χ1n) is 11.6. The van der Waals surface area contributed by atoms with Crippen molar-refractivity contribution in [3.05, 3.63) is 29.8 Å². The third kappa shape index (κ3) is 8.00. The summed E-state index contributed by atoms with van der Waals surface area (Å²) in [6.07, 6.45) is -5.55. The van der Waals surface area contributed by atoms with Crippen LogP contribution in [0.3, 0.4) is 0 Å². The minimum atomic E-state index is -2.07. The lowest BCUT2D eigenvalue weighted by Gasteiger charge is -2.43. The molecule has 1 aromatic carbocycles. The summed E-state index contributed by atoms with van der Waals surface area (Å²) < 4.78 is 28.7. The van der Waals surface area contributed by atoms with E-state index in [4.69, 9.17) is 23.4 Å². The maximum Gasteiger partial charge on any atom is 0.192 e. The second-order valence-corrected chi connectivity index (χ2v) is 15.0. The van der Waals surface area contributed by atoms with Crippen LogP contribution in [0.1, 0.15) is 39.7 Å². The Morgan fingerprint density at radius 3 is 2.24 bits per heavy atom. The van der Waals surface area contributed by atoms with Gasteiger partial charge in [-0.3, -0.25) is 0 Å². The van der Waals surface area contributed by atoms with Gasteiger partial charge >= 0.3 is 0 Å². The van der Waals surface area contributed by atoms with E-state index >= 15 is 0 Å². The summed E-state index contributed by atoms with van der Waals surface area (Å²) in [5.74, 6) is 0.798. The van der Waals surface area contributed by atoms with Crippen molar-refractivity contribution in [2.45, 2.75) is 95.7 Å². The zero-order chi connectivity index (χ0) is 24.8. The number of ether oxygens (including phenoxy) is 4. The quantitative estimate of drug-likeness (QED) is 0.324. The molecule has 9 heteroatoms. The molecule has 190 valence electrons. The van der Waals surface area contributed by atoms with Crippen LogP contribution in [0.4, 0.5) is 0 Å². The van der Waals surface area contributed by atoms with Crippen LogP contribution in [0.2, 0.25) is 18.1 Å². The van der Waals surface area contributed by atoms with Gasteiger partial charge < -0.3 is 38.7 Å². The Kier molecular flexibility index (Phi) is 10.3. The van der Waals surface area contributed by atoms with Gasteiger partial charge in [-0.2, -0.15) is 0 Å². The molecule has 3 N–H and O–H groups in total. The molecule has 0 bridgehead atoms. The van der Waals surface area contributed by atoms with E-state index in [1.807, 2.05) is 31.2 Å². The van der Waals surface area contributed by atoms with Gasteiger partial charge in [-0.1, -0.05) is 32.9 Å². The Hall–Kier alpha value is -1.04. The fraction of sp³-hybridized carbons (Fsp3) is 0.750. The van der Waals surface area contributed by atoms with Crippen molar-refractivity contribution < 1.29 is 38.7 Å². The zero-order valence-electron chi connectivity index (χ0n) is 21.0. The average Bonchev–Trinajstić information content (AvgIpc) is 2.76. The number of aliphatic hydroxyl groups is 3. The molecule has 0 radical (unpaired) electrons. The summed E-state index contributed by atoms with van der Waals surface area (Å²) in [6.45, 7) is 13.5. The van der Waals surface area contributed by atoms with Gasteiger partial charge in [0.05, 0.1) is 26.4 Å². The lowest BCUT2D eigenvalue weighted by molar-refractivity contribution is -0.310. The molecule has 0 amide bonds. The number of hydrogen-bond donors (Lipinski definition) is 3. The van der Waals surface area contributed by atoms with Crippen molar-refractivity contribution in [1.82, 2.24) is 0 Å². The van der Waals surface area contributed by atoms with Crippen molar-refractivity contribution in [3.8, 4) is 5.75 Å². The highest BCUT2D eigenvalue weighted by Crippen LogP contribution is 2.37. The molecular weight excluding hydrogens is 444 g/mol. The molecule has 0 aromatic heterocycles. The molecule has 8 nitrogen and oxygen atoms in total. The molecule has 1 fully saturated rings. The summed E-state index contributed by atoms with van der Waals surface area (Å²) in [4.78, 5) is 0. The van der Waals surface area contributed by atoms with Crippen LogP contribution in [-0.2, 0) is 25.2 Å². The lowest BCUT2D eigenvalue weighted by Crippen LogP contribution is -2.60. The highest BCUT2D eigenvalue weighted by atomic mass is 28.4. The van der Waals surface area contributed by atoms with Gasteiger partial charge in [0.2, 0.25) is 0 Å². The number of hydrogen-bond acceptors (Lipinski definition) is 8. The third-order valence-electron chi connectivity index (χ3n) is 6.55. The van der Waals surface area contributed by atoms with Crippen LogP contribution in [-0.4, -0.2) is 80.8 Å². The van der Waals surface area contributed by atoms with E-state index in [9.17, 15) is 15.3 Å². The molecule has 0 spiro atoms.